The highest BCUT2D eigenvalue weighted by atomic mass is 32.2. The predicted molar refractivity (Wildman–Crippen MR) is 119 cm³/mol. The maximum absolute atomic E-state index is 13.2. The standard InChI is InChI=1S/C23H18OS3/c1-15-7-11-17(12-8-15)25-22-21(24)19-5-3-4-6-20(19)27-23(22)26-18-13-9-16(2)10-14-18/h3-14H,1-2H3. The molecule has 1 nitrogen and oxygen atoms in total. The predicted octanol–water partition coefficient (Wildman–Crippen LogP) is 7.18. The Balaban J connectivity index is 1.83. The summed E-state index contributed by atoms with van der Waals surface area (Å²) in [6.45, 7) is 4.16. The molecule has 0 saturated heterocycles. The molecule has 3 aromatic carbocycles. The van der Waals surface area contributed by atoms with E-state index in [1.807, 2.05) is 24.3 Å². The van der Waals surface area contributed by atoms with E-state index in [1.165, 1.54) is 11.1 Å². The van der Waals surface area contributed by atoms with Gasteiger partial charge in [-0.3, -0.25) is 4.79 Å². The molecule has 134 valence electrons. The third-order valence-electron chi connectivity index (χ3n) is 4.20. The van der Waals surface area contributed by atoms with Crippen LogP contribution in [0.25, 0.3) is 10.1 Å². The van der Waals surface area contributed by atoms with Gasteiger partial charge in [0, 0.05) is 19.9 Å². The lowest BCUT2D eigenvalue weighted by atomic mass is 10.2. The Morgan fingerprint density at radius 1 is 0.704 bits per heavy atom. The summed E-state index contributed by atoms with van der Waals surface area (Å²) in [6.07, 6.45) is 0. The van der Waals surface area contributed by atoms with Crippen LogP contribution in [0.1, 0.15) is 11.1 Å². The van der Waals surface area contributed by atoms with Gasteiger partial charge >= 0.3 is 0 Å². The van der Waals surface area contributed by atoms with E-state index in [2.05, 4.69) is 62.4 Å². The smallest absolute Gasteiger partial charge is 0.203 e. The van der Waals surface area contributed by atoms with Crippen molar-refractivity contribution in [3.63, 3.8) is 0 Å². The van der Waals surface area contributed by atoms with Gasteiger partial charge in [-0.1, -0.05) is 71.0 Å². The van der Waals surface area contributed by atoms with Crippen LogP contribution in [-0.2, 0) is 0 Å². The molecular formula is C23H18OS3. The van der Waals surface area contributed by atoms with Crippen molar-refractivity contribution in [1.82, 2.24) is 0 Å². The van der Waals surface area contributed by atoms with E-state index >= 15 is 0 Å². The number of hydrogen-bond donors (Lipinski definition) is 0. The average Bonchev–Trinajstić information content (AvgIpc) is 2.68. The minimum absolute atomic E-state index is 0.115. The first kappa shape index (κ1) is 18.4. The van der Waals surface area contributed by atoms with Crippen LogP contribution in [0.15, 0.2) is 96.5 Å². The first-order valence-electron chi connectivity index (χ1n) is 8.65. The molecule has 4 rings (SSSR count). The summed E-state index contributed by atoms with van der Waals surface area (Å²) >= 11 is 4.93. The van der Waals surface area contributed by atoms with E-state index in [4.69, 9.17) is 0 Å². The third-order valence-corrected chi connectivity index (χ3v) is 7.92. The molecular weight excluding hydrogens is 388 g/mol. The number of fused-ring (bicyclic) bond motifs is 1. The van der Waals surface area contributed by atoms with Gasteiger partial charge in [-0.15, -0.1) is 11.3 Å². The highest BCUT2D eigenvalue weighted by Crippen LogP contribution is 2.41. The van der Waals surface area contributed by atoms with Gasteiger partial charge in [0.2, 0.25) is 5.43 Å². The lowest BCUT2D eigenvalue weighted by molar-refractivity contribution is 1.28. The van der Waals surface area contributed by atoms with Crippen LogP contribution in [0.3, 0.4) is 0 Å². The fourth-order valence-electron chi connectivity index (χ4n) is 2.70. The van der Waals surface area contributed by atoms with Crippen molar-refractivity contribution in [2.45, 2.75) is 32.7 Å². The zero-order valence-corrected chi connectivity index (χ0v) is 17.5. The summed E-state index contributed by atoms with van der Waals surface area (Å²) in [4.78, 5) is 16.3. The lowest BCUT2D eigenvalue weighted by Crippen LogP contribution is -2.04. The first-order valence-corrected chi connectivity index (χ1v) is 11.1. The number of benzene rings is 3. The van der Waals surface area contributed by atoms with Crippen LogP contribution in [0.4, 0.5) is 0 Å². The van der Waals surface area contributed by atoms with E-state index in [0.717, 1.165) is 29.0 Å². The van der Waals surface area contributed by atoms with Crippen LogP contribution in [0.2, 0.25) is 0 Å². The first-order chi connectivity index (χ1) is 13.1. The Bertz CT molecular complexity index is 1140. The Labute approximate surface area is 171 Å². The normalized spacial score (nSPS) is 11.0. The van der Waals surface area contributed by atoms with Crippen molar-refractivity contribution in [3.05, 3.63) is 94.1 Å². The number of hydrogen-bond acceptors (Lipinski definition) is 4. The molecule has 1 heterocycles. The van der Waals surface area contributed by atoms with Crippen LogP contribution in [0.5, 0.6) is 0 Å². The second-order valence-corrected chi connectivity index (χ2v) is 9.85. The summed E-state index contributed by atoms with van der Waals surface area (Å²) in [6, 6.07) is 24.7. The van der Waals surface area contributed by atoms with Gasteiger partial charge in [-0.25, -0.2) is 0 Å². The molecule has 0 saturated carbocycles. The van der Waals surface area contributed by atoms with E-state index in [0.29, 0.717) is 0 Å². The molecule has 0 aliphatic heterocycles. The largest absolute Gasteiger partial charge is 0.288 e. The SMILES string of the molecule is Cc1ccc(Sc2sc3ccccc3c(=O)c2Sc2ccc(C)cc2)cc1. The van der Waals surface area contributed by atoms with Gasteiger partial charge in [0.25, 0.3) is 0 Å². The molecule has 27 heavy (non-hydrogen) atoms. The van der Waals surface area contributed by atoms with Crippen molar-refractivity contribution < 1.29 is 0 Å². The molecule has 4 heteroatoms. The van der Waals surface area contributed by atoms with Gasteiger partial charge in [0.05, 0.1) is 9.10 Å². The second-order valence-electron chi connectivity index (χ2n) is 6.37. The van der Waals surface area contributed by atoms with Crippen LogP contribution in [-0.4, -0.2) is 0 Å². The van der Waals surface area contributed by atoms with E-state index in [1.54, 1.807) is 34.9 Å². The van der Waals surface area contributed by atoms with Gasteiger partial charge < -0.3 is 0 Å². The Morgan fingerprint density at radius 2 is 1.26 bits per heavy atom. The highest BCUT2D eigenvalue weighted by Gasteiger charge is 2.15. The maximum atomic E-state index is 13.2. The summed E-state index contributed by atoms with van der Waals surface area (Å²) in [5.41, 5.74) is 2.57. The number of aryl methyl sites for hydroxylation is 2. The minimum Gasteiger partial charge on any atom is -0.288 e. The molecule has 0 atom stereocenters. The van der Waals surface area contributed by atoms with Gasteiger partial charge in [-0.05, 0) is 50.2 Å². The maximum Gasteiger partial charge on any atom is 0.203 e. The van der Waals surface area contributed by atoms with Crippen LogP contribution < -0.4 is 5.43 Å². The fourth-order valence-corrected chi connectivity index (χ4v) is 6.19. The van der Waals surface area contributed by atoms with Crippen LogP contribution >= 0.6 is 34.9 Å². The Morgan fingerprint density at radius 3 is 1.89 bits per heavy atom. The van der Waals surface area contributed by atoms with Crippen molar-refractivity contribution in [2.75, 3.05) is 0 Å². The topological polar surface area (TPSA) is 17.1 Å². The third kappa shape index (κ3) is 4.13. The summed E-state index contributed by atoms with van der Waals surface area (Å²) < 4.78 is 2.08. The van der Waals surface area contributed by atoms with Crippen molar-refractivity contribution in [3.8, 4) is 0 Å². The summed E-state index contributed by atoms with van der Waals surface area (Å²) in [5.74, 6) is 0. The monoisotopic (exact) mass is 406 g/mol. The quantitative estimate of drug-likeness (QED) is 0.357. The van der Waals surface area contributed by atoms with Gasteiger partial charge in [0.15, 0.2) is 0 Å². The molecule has 0 bridgehead atoms. The molecule has 1 aromatic heterocycles. The minimum atomic E-state index is 0.115. The molecule has 0 radical (unpaired) electrons. The summed E-state index contributed by atoms with van der Waals surface area (Å²) in [7, 11) is 0. The molecule has 0 spiro atoms. The molecule has 0 unspecified atom stereocenters. The molecule has 0 aliphatic carbocycles. The molecule has 4 aromatic rings. The Hall–Kier alpha value is -2.01. The number of rotatable bonds is 4. The van der Waals surface area contributed by atoms with Crippen molar-refractivity contribution >= 4 is 44.9 Å². The van der Waals surface area contributed by atoms with Gasteiger partial charge in [0.1, 0.15) is 0 Å². The molecule has 0 amide bonds. The van der Waals surface area contributed by atoms with Crippen LogP contribution in [0, 0.1) is 13.8 Å². The van der Waals surface area contributed by atoms with E-state index < -0.39 is 0 Å². The highest BCUT2D eigenvalue weighted by molar-refractivity contribution is 8.03. The molecule has 0 N–H and O–H groups in total. The van der Waals surface area contributed by atoms with Crippen molar-refractivity contribution in [1.29, 1.82) is 0 Å². The lowest BCUT2D eigenvalue weighted by Gasteiger charge is -2.10. The average molecular weight is 407 g/mol. The zero-order valence-electron chi connectivity index (χ0n) is 15.1. The summed E-state index contributed by atoms with van der Waals surface area (Å²) in [5, 5.41) is 0.797. The molecule has 0 fully saturated rings. The van der Waals surface area contributed by atoms with Gasteiger partial charge in [-0.2, -0.15) is 0 Å². The van der Waals surface area contributed by atoms with E-state index in [9.17, 15) is 4.79 Å². The van der Waals surface area contributed by atoms with E-state index in [-0.39, 0.29) is 5.43 Å². The molecule has 0 aliphatic rings. The fraction of sp³-hybridized carbons (Fsp3) is 0.0870. The van der Waals surface area contributed by atoms with Crippen molar-refractivity contribution in [2.24, 2.45) is 0 Å². The zero-order chi connectivity index (χ0) is 18.8. The Kier molecular flexibility index (Phi) is 5.39. The second kappa shape index (κ2) is 7.93.